The maximum Gasteiger partial charge on any atom is 0.191 e. The van der Waals surface area contributed by atoms with Gasteiger partial charge < -0.3 is 15.5 Å². The Morgan fingerprint density at radius 1 is 1.22 bits per heavy atom. The van der Waals surface area contributed by atoms with Crippen LogP contribution in [-0.4, -0.2) is 43.2 Å². The molecule has 0 atom stereocenters. The lowest BCUT2D eigenvalue weighted by atomic mass is 10.0. The summed E-state index contributed by atoms with van der Waals surface area (Å²) in [5.41, 5.74) is 1.33. The van der Waals surface area contributed by atoms with Gasteiger partial charge in [0.25, 0.3) is 0 Å². The highest BCUT2D eigenvalue weighted by molar-refractivity contribution is 7.11. The first-order valence-electron chi connectivity index (χ1n) is 10.1. The van der Waals surface area contributed by atoms with Crippen LogP contribution in [0.3, 0.4) is 0 Å². The number of guanidine groups is 1. The highest BCUT2D eigenvalue weighted by Gasteiger charge is 2.20. The lowest BCUT2D eigenvalue weighted by Gasteiger charge is -2.34. The summed E-state index contributed by atoms with van der Waals surface area (Å²) in [6.45, 7) is 8.11. The molecule has 3 rings (SSSR count). The van der Waals surface area contributed by atoms with Gasteiger partial charge in [-0.2, -0.15) is 0 Å². The highest BCUT2D eigenvalue weighted by atomic mass is 32.1. The molecule has 0 unspecified atom stereocenters. The number of nitrogens with one attached hydrogen (secondary N) is 2. The summed E-state index contributed by atoms with van der Waals surface area (Å²) in [5, 5.41) is 8.19. The number of hydrogen-bond donors (Lipinski definition) is 2. The first-order chi connectivity index (χ1) is 13.3. The molecule has 2 aromatic rings. The maximum atomic E-state index is 4.76. The smallest absolute Gasteiger partial charge is 0.191 e. The third-order valence-corrected chi connectivity index (χ3v) is 6.05. The number of nitrogens with zero attached hydrogens (tertiary/aromatic N) is 3. The van der Waals surface area contributed by atoms with E-state index in [2.05, 4.69) is 64.7 Å². The van der Waals surface area contributed by atoms with Crippen LogP contribution < -0.4 is 15.5 Å². The molecule has 0 saturated carbocycles. The monoisotopic (exact) mass is 385 g/mol. The number of aromatic nitrogens is 1. The molecule has 1 aromatic carbocycles. The van der Waals surface area contributed by atoms with Crippen molar-refractivity contribution in [1.82, 2.24) is 15.6 Å². The second-order valence-corrected chi connectivity index (χ2v) is 8.03. The molecule has 6 heteroatoms. The van der Waals surface area contributed by atoms with Gasteiger partial charge in [-0.3, -0.25) is 4.99 Å². The Morgan fingerprint density at radius 2 is 2.00 bits per heavy atom. The first kappa shape index (κ1) is 19.7. The van der Waals surface area contributed by atoms with Gasteiger partial charge in [0.1, 0.15) is 0 Å². The van der Waals surface area contributed by atoms with Crippen molar-refractivity contribution < 1.29 is 0 Å². The van der Waals surface area contributed by atoms with Gasteiger partial charge in [-0.15, -0.1) is 11.3 Å². The second-order valence-electron chi connectivity index (χ2n) is 6.83. The molecule has 1 aromatic heterocycles. The van der Waals surface area contributed by atoms with Gasteiger partial charge in [0.05, 0.1) is 5.01 Å². The van der Waals surface area contributed by atoms with E-state index in [0.717, 1.165) is 57.8 Å². The number of aryl methyl sites for hydroxylation is 1. The molecule has 0 spiro atoms. The standard InChI is InChI=1S/C21H31N5S/c1-3-19-16-24-20(27-19)10-13-23-21(22-4-2)25-17-11-14-26(15-12-17)18-8-6-5-7-9-18/h5-9,16-17H,3-4,10-15H2,1-2H3,(H2,22,23,25). The topological polar surface area (TPSA) is 52.6 Å². The summed E-state index contributed by atoms with van der Waals surface area (Å²) in [7, 11) is 0. The Kier molecular flexibility index (Phi) is 7.51. The van der Waals surface area contributed by atoms with E-state index in [0.29, 0.717) is 6.04 Å². The Hall–Kier alpha value is -2.08. The zero-order valence-electron chi connectivity index (χ0n) is 16.4. The molecule has 1 aliphatic heterocycles. The van der Waals surface area contributed by atoms with E-state index < -0.39 is 0 Å². The van der Waals surface area contributed by atoms with Crippen molar-refractivity contribution >= 4 is 23.0 Å². The largest absolute Gasteiger partial charge is 0.371 e. The summed E-state index contributed by atoms with van der Waals surface area (Å²) in [5.74, 6) is 0.933. The number of benzene rings is 1. The lowest BCUT2D eigenvalue weighted by Crippen LogP contribution is -2.48. The van der Waals surface area contributed by atoms with Gasteiger partial charge in [-0.25, -0.2) is 4.98 Å². The van der Waals surface area contributed by atoms with E-state index in [1.807, 2.05) is 6.20 Å². The van der Waals surface area contributed by atoms with E-state index in [-0.39, 0.29) is 0 Å². The van der Waals surface area contributed by atoms with Crippen LogP contribution in [0.25, 0.3) is 0 Å². The maximum absolute atomic E-state index is 4.76. The fraction of sp³-hybridized carbons (Fsp3) is 0.524. The normalized spacial score (nSPS) is 15.8. The summed E-state index contributed by atoms with van der Waals surface area (Å²) in [6, 6.07) is 11.2. The summed E-state index contributed by atoms with van der Waals surface area (Å²) >= 11 is 1.80. The van der Waals surface area contributed by atoms with Gasteiger partial charge in [-0.05, 0) is 38.3 Å². The van der Waals surface area contributed by atoms with E-state index >= 15 is 0 Å². The summed E-state index contributed by atoms with van der Waals surface area (Å²) in [4.78, 5) is 13.1. The number of rotatable bonds is 7. The molecule has 5 nitrogen and oxygen atoms in total. The van der Waals surface area contributed by atoms with Crippen molar-refractivity contribution in [3.63, 3.8) is 0 Å². The van der Waals surface area contributed by atoms with Crippen LogP contribution in [0.15, 0.2) is 41.5 Å². The van der Waals surface area contributed by atoms with Crippen LogP contribution in [-0.2, 0) is 12.8 Å². The number of anilines is 1. The fourth-order valence-corrected chi connectivity index (χ4v) is 4.18. The molecule has 1 saturated heterocycles. The van der Waals surface area contributed by atoms with Crippen molar-refractivity contribution in [2.45, 2.75) is 45.6 Å². The molecule has 2 N–H and O–H groups in total. The highest BCUT2D eigenvalue weighted by Crippen LogP contribution is 2.19. The molecular formula is C21H31N5S. The van der Waals surface area contributed by atoms with Crippen LogP contribution in [0, 0.1) is 0 Å². The van der Waals surface area contributed by atoms with Crippen LogP contribution in [0.5, 0.6) is 0 Å². The van der Waals surface area contributed by atoms with Gasteiger partial charge in [0, 0.05) is 55.4 Å². The SMILES string of the molecule is CCNC(=NCCc1ncc(CC)s1)NC1CCN(c2ccccc2)CC1. The van der Waals surface area contributed by atoms with Gasteiger partial charge in [0.2, 0.25) is 0 Å². The Labute approximate surface area is 166 Å². The Bertz CT molecular complexity index is 704. The molecule has 0 amide bonds. The van der Waals surface area contributed by atoms with Crippen LogP contribution in [0.1, 0.15) is 36.6 Å². The molecule has 0 bridgehead atoms. The van der Waals surface area contributed by atoms with Gasteiger partial charge in [-0.1, -0.05) is 25.1 Å². The molecular weight excluding hydrogens is 354 g/mol. The van der Waals surface area contributed by atoms with Gasteiger partial charge in [0.15, 0.2) is 5.96 Å². The molecule has 1 fully saturated rings. The zero-order chi connectivity index (χ0) is 18.9. The minimum absolute atomic E-state index is 0.481. The minimum Gasteiger partial charge on any atom is -0.371 e. The minimum atomic E-state index is 0.481. The van der Waals surface area contributed by atoms with E-state index in [4.69, 9.17) is 4.99 Å². The third-order valence-electron chi connectivity index (χ3n) is 4.85. The van der Waals surface area contributed by atoms with Crippen molar-refractivity contribution in [3.05, 3.63) is 46.4 Å². The predicted molar refractivity (Wildman–Crippen MR) is 116 cm³/mol. The Balaban J connectivity index is 1.47. The van der Waals surface area contributed by atoms with Crippen LogP contribution in [0.2, 0.25) is 0 Å². The average Bonchev–Trinajstić information content (AvgIpc) is 3.17. The van der Waals surface area contributed by atoms with E-state index in [9.17, 15) is 0 Å². The zero-order valence-corrected chi connectivity index (χ0v) is 17.3. The molecule has 27 heavy (non-hydrogen) atoms. The second kappa shape index (κ2) is 10.3. The van der Waals surface area contributed by atoms with Crippen LogP contribution >= 0.6 is 11.3 Å². The van der Waals surface area contributed by atoms with E-state index in [1.54, 1.807) is 11.3 Å². The Morgan fingerprint density at radius 3 is 2.67 bits per heavy atom. The van der Waals surface area contributed by atoms with Crippen LogP contribution in [0.4, 0.5) is 5.69 Å². The summed E-state index contributed by atoms with van der Waals surface area (Å²) in [6.07, 6.45) is 6.23. The fourth-order valence-electron chi connectivity index (χ4n) is 3.32. The molecule has 0 aliphatic carbocycles. The number of thiazole rings is 1. The number of aliphatic imine (C=N–C) groups is 1. The number of hydrogen-bond acceptors (Lipinski definition) is 4. The quantitative estimate of drug-likeness (QED) is 0.566. The van der Waals surface area contributed by atoms with Crippen molar-refractivity contribution in [2.24, 2.45) is 4.99 Å². The van der Waals surface area contributed by atoms with Crippen molar-refractivity contribution in [3.8, 4) is 0 Å². The van der Waals surface area contributed by atoms with E-state index in [1.165, 1.54) is 15.6 Å². The lowest BCUT2D eigenvalue weighted by molar-refractivity contribution is 0.461. The average molecular weight is 386 g/mol. The summed E-state index contributed by atoms with van der Waals surface area (Å²) < 4.78 is 0. The molecule has 146 valence electrons. The molecule has 0 radical (unpaired) electrons. The molecule has 2 heterocycles. The first-order valence-corrected chi connectivity index (χ1v) is 10.9. The number of piperidine rings is 1. The third kappa shape index (κ3) is 5.96. The number of para-hydroxylation sites is 1. The van der Waals surface area contributed by atoms with Crippen molar-refractivity contribution in [1.29, 1.82) is 0 Å². The van der Waals surface area contributed by atoms with Crippen molar-refractivity contribution in [2.75, 3.05) is 31.1 Å². The molecule has 1 aliphatic rings. The predicted octanol–water partition coefficient (Wildman–Crippen LogP) is 3.47. The van der Waals surface area contributed by atoms with Gasteiger partial charge >= 0.3 is 0 Å².